The molecule has 0 bridgehead atoms. The van der Waals surface area contributed by atoms with Crippen LogP contribution >= 0.6 is 0 Å². The first-order valence-electron chi connectivity index (χ1n) is 12.2. The van der Waals surface area contributed by atoms with Gasteiger partial charge in [-0.2, -0.15) is 0 Å². The zero-order chi connectivity index (χ0) is 26.4. The first-order chi connectivity index (χ1) is 17.1. The second kappa shape index (κ2) is 12.0. The van der Waals surface area contributed by atoms with Crippen molar-refractivity contribution in [3.05, 3.63) is 36.0 Å². The monoisotopic (exact) mass is 501 g/mol. The van der Waals surface area contributed by atoms with Crippen LogP contribution in [-0.2, 0) is 25.6 Å². The summed E-state index contributed by atoms with van der Waals surface area (Å²) in [4.78, 5) is 53.7. The molecule has 2 aromatic rings. The zero-order valence-electron chi connectivity index (χ0n) is 20.7. The number of aliphatic hydroxyl groups excluding tert-OH is 1. The van der Waals surface area contributed by atoms with E-state index >= 15 is 0 Å². The number of carboxylic acid groups (broad SMARTS) is 1. The first-order valence-corrected chi connectivity index (χ1v) is 12.2. The molecule has 0 saturated carbocycles. The molecule has 1 aromatic heterocycles. The summed E-state index contributed by atoms with van der Waals surface area (Å²) in [5, 5.41) is 31.3. The lowest BCUT2D eigenvalue weighted by atomic mass is 10.0. The summed E-state index contributed by atoms with van der Waals surface area (Å²) in [6, 6.07) is 3.51. The maximum Gasteiger partial charge on any atom is 0.326 e. The predicted octanol–water partition coefficient (Wildman–Crippen LogP) is 0.0382. The van der Waals surface area contributed by atoms with Crippen molar-refractivity contribution in [1.82, 2.24) is 26.3 Å². The number of fused-ring (bicyclic) bond motifs is 1. The topological polar surface area (TPSA) is 173 Å². The van der Waals surface area contributed by atoms with Crippen molar-refractivity contribution < 1.29 is 29.4 Å². The Morgan fingerprint density at radius 2 is 1.72 bits per heavy atom. The lowest BCUT2D eigenvalue weighted by Gasteiger charge is -2.27. The number of carbonyl (C=O) groups is 4. The van der Waals surface area contributed by atoms with Crippen molar-refractivity contribution in [2.45, 2.75) is 70.3 Å². The van der Waals surface area contributed by atoms with Gasteiger partial charge in [0.05, 0.1) is 12.1 Å². The maximum atomic E-state index is 13.4. The lowest BCUT2D eigenvalue weighted by Crippen LogP contribution is -2.60. The molecule has 1 aliphatic heterocycles. The van der Waals surface area contributed by atoms with Crippen molar-refractivity contribution >= 4 is 34.6 Å². The fourth-order valence-electron chi connectivity index (χ4n) is 4.33. The molecule has 5 unspecified atom stereocenters. The second-order valence-electron chi connectivity index (χ2n) is 9.57. The van der Waals surface area contributed by atoms with Crippen LogP contribution in [0, 0.1) is 5.92 Å². The third-order valence-electron chi connectivity index (χ3n) is 6.40. The number of aliphatic carboxylic acids is 1. The summed E-state index contributed by atoms with van der Waals surface area (Å²) in [7, 11) is 0. The summed E-state index contributed by atoms with van der Waals surface area (Å²) in [5.41, 5.74) is 1.68. The molecule has 0 aliphatic carbocycles. The van der Waals surface area contributed by atoms with Gasteiger partial charge in [-0.1, -0.05) is 32.0 Å². The number of rotatable bonds is 11. The number of nitrogens with one attached hydrogen (secondary N) is 5. The van der Waals surface area contributed by atoms with Crippen LogP contribution in [0.3, 0.4) is 0 Å². The highest BCUT2D eigenvalue weighted by atomic mass is 16.4. The Bertz CT molecular complexity index is 1090. The van der Waals surface area contributed by atoms with Crippen LogP contribution in [0.4, 0.5) is 0 Å². The average Bonchev–Trinajstić information content (AvgIpc) is 3.50. The number of hydrogen-bond acceptors (Lipinski definition) is 6. The standard InChI is InChI=1S/C25H35N5O6/c1-13(2)20(25(35)36)29-24(34)21(14(3)31)30-23(33)19(28-22(32)18-9-6-10-26-18)11-15-12-27-17-8-5-4-7-16(15)17/h4-5,7-8,12-14,18-21,26-27,31H,6,9-11H2,1-3H3,(H,28,32)(H,29,34)(H,30,33)(H,35,36). The van der Waals surface area contributed by atoms with Crippen molar-refractivity contribution in [2.75, 3.05) is 6.54 Å². The van der Waals surface area contributed by atoms with Crippen LogP contribution in [0.2, 0.25) is 0 Å². The molecule has 7 N–H and O–H groups in total. The van der Waals surface area contributed by atoms with Gasteiger partial charge in [0, 0.05) is 23.5 Å². The highest BCUT2D eigenvalue weighted by Gasteiger charge is 2.34. The number of aliphatic hydroxyl groups is 1. The molecular weight excluding hydrogens is 466 g/mol. The largest absolute Gasteiger partial charge is 0.480 e. The summed E-state index contributed by atoms with van der Waals surface area (Å²) >= 11 is 0. The minimum atomic E-state index is -1.41. The average molecular weight is 502 g/mol. The molecule has 1 aromatic carbocycles. The summed E-state index contributed by atoms with van der Waals surface area (Å²) in [6.07, 6.45) is 2.10. The van der Waals surface area contributed by atoms with E-state index in [0.29, 0.717) is 13.0 Å². The Balaban J connectivity index is 1.80. The highest BCUT2D eigenvalue weighted by molar-refractivity contribution is 5.95. The van der Waals surface area contributed by atoms with E-state index in [1.807, 2.05) is 24.3 Å². The molecule has 2 heterocycles. The number of carbonyl (C=O) groups excluding carboxylic acids is 3. The van der Waals surface area contributed by atoms with Gasteiger partial charge in [0.2, 0.25) is 17.7 Å². The van der Waals surface area contributed by atoms with Gasteiger partial charge in [-0.25, -0.2) is 4.79 Å². The van der Waals surface area contributed by atoms with Gasteiger partial charge in [0.25, 0.3) is 0 Å². The molecular formula is C25H35N5O6. The number of carboxylic acids is 1. The van der Waals surface area contributed by atoms with E-state index in [2.05, 4.69) is 26.3 Å². The van der Waals surface area contributed by atoms with Crippen molar-refractivity contribution in [1.29, 1.82) is 0 Å². The first kappa shape index (κ1) is 27.2. The normalized spacial score (nSPS) is 18.9. The SMILES string of the molecule is CC(C)C(NC(=O)C(NC(=O)C(Cc1c[nH]c2ccccc12)NC(=O)C1CCCN1)C(C)O)C(=O)O. The number of H-pyrrole nitrogens is 1. The number of amides is 3. The van der Waals surface area contributed by atoms with Crippen LogP contribution in [0.25, 0.3) is 10.9 Å². The van der Waals surface area contributed by atoms with E-state index < -0.39 is 54.0 Å². The lowest BCUT2D eigenvalue weighted by molar-refractivity contribution is -0.144. The minimum Gasteiger partial charge on any atom is -0.480 e. The molecule has 11 nitrogen and oxygen atoms in total. The molecule has 1 saturated heterocycles. The van der Waals surface area contributed by atoms with Crippen LogP contribution < -0.4 is 21.3 Å². The molecule has 196 valence electrons. The minimum absolute atomic E-state index is 0.145. The fourth-order valence-corrected chi connectivity index (χ4v) is 4.33. The van der Waals surface area contributed by atoms with Gasteiger partial charge in [0.1, 0.15) is 18.1 Å². The Morgan fingerprint density at radius 1 is 1.03 bits per heavy atom. The number of hydrogen-bond donors (Lipinski definition) is 7. The number of benzene rings is 1. The van der Waals surface area contributed by atoms with E-state index in [1.54, 1.807) is 20.0 Å². The van der Waals surface area contributed by atoms with Crippen LogP contribution in [0.5, 0.6) is 0 Å². The van der Waals surface area contributed by atoms with Gasteiger partial charge >= 0.3 is 5.97 Å². The zero-order valence-corrected chi connectivity index (χ0v) is 20.7. The van der Waals surface area contributed by atoms with Crippen molar-refractivity contribution in [2.24, 2.45) is 5.92 Å². The highest BCUT2D eigenvalue weighted by Crippen LogP contribution is 2.19. The smallest absolute Gasteiger partial charge is 0.326 e. The molecule has 0 spiro atoms. The molecule has 11 heteroatoms. The van der Waals surface area contributed by atoms with E-state index in [4.69, 9.17) is 0 Å². The molecule has 3 rings (SSSR count). The summed E-state index contributed by atoms with van der Waals surface area (Å²) in [5.74, 6) is -3.44. The molecule has 5 atom stereocenters. The Labute approximate surface area is 209 Å². The van der Waals surface area contributed by atoms with Gasteiger partial charge in [-0.3, -0.25) is 14.4 Å². The second-order valence-corrected chi connectivity index (χ2v) is 9.57. The van der Waals surface area contributed by atoms with E-state index in [1.165, 1.54) is 6.92 Å². The molecule has 3 amide bonds. The van der Waals surface area contributed by atoms with Gasteiger partial charge in [-0.15, -0.1) is 0 Å². The molecule has 1 aliphatic rings. The Morgan fingerprint density at radius 3 is 2.33 bits per heavy atom. The number of para-hydroxylation sites is 1. The third-order valence-corrected chi connectivity index (χ3v) is 6.40. The summed E-state index contributed by atoms with van der Waals surface area (Å²) in [6.45, 7) is 5.31. The molecule has 36 heavy (non-hydrogen) atoms. The third kappa shape index (κ3) is 6.61. The van der Waals surface area contributed by atoms with Crippen LogP contribution in [0.15, 0.2) is 30.5 Å². The quantitative estimate of drug-likeness (QED) is 0.228. The molecule has 0 radical (unpaired) electrons. The fraction of sp³-hybridized carbons (Fsp3) is 0.520. The Kier molecular flexibility index (Phi) is 9.05. The Hall–Kier alpha value is -3.44. The molecule has 1 fully saturated rings. The number of aromatic amines is 1. The van der Waals surface area contributed by atoms with Crippen molar-refractivity contribution in [3.8, 4) is 0 Å². The summed E-state index contributed by atoms with van der Waals surface area (Å²) < 4.78 is 0. The maximum absolute atomic E-state index is 13.4. The van der Waals surface area contributed by atoms with Gasteiger partial charge < -0.3 is 36.5 Å². The predicted molar refractivity (Wildman–Crippen MR) is 133 cm³/mol. The van der Waals surface area contributed by atoms with E-state index in [0.717, 1.165) is 22.9 Å². The van der Waals surface area contributed by atoms with Gasteiger partial charge in [-0.05, 0) is 43.9 Å². The van der Waals surface area contributed by atoms with Crippen LogP contribution in [0.1, 0.15) is 39.2 Å². The van der Waals surface area contributed by atoms with Crippen molar-refractivity contribution in [3.63, 3.8) is 0 Å². The van der Waals surface area contributed by atoms with E-state index in [-0.39, 0.29) is 12.3 Å². The van der Waals surface area contributed by atoms with Crippen LogP contribution in [-0.4, -0.2) is 75.7 Å². The van der Waals surface area contributed by atoms with E-state index in [9.17, 15) is 29.4 Å². The van der Waals surface area contributed by atoms with Gasteiger partial charge in [0.15, 0.2) is 0 Å². The number of aromatic nitrogens is 1.